The van der Waals surface area contributed by atoms with E-state index in [9.17, 15) is 0 Å². The van der Waals surface area contributed by atoms with Gasteiger partial charge in [0.1, 0.15) is 0 Å². The van der Waals surface area contributed by atoms with Crippen LogP contribution in [0.15, 0.2) is 12.4 Å². The SMILES string of the molecule is CN(C)C1(CNc2c(N)cncc2Cl)CCC1. The van der Waals surface area contributed by atoms with Crippen LogP contribution < -0.4 is 11.1 Å². The third kappa shape index (κ3) is 2.33. The second-order valence-corrected chi connectivity index (χ2v) is 5.32. The van der Waals surface area contributed by atoms with E-state index in [4.69, 9.17) is 17.3 Å². The first-order valence-electron chi connectivity index (χ1n) is 5.85. The smallest absolute Gasteiger partial charge is 0.0841 e. The topological polar surface area (TPSA) is 54.2 Å². The number of nitrogens with zero attached hydrogens (tertiary/aromatic N) is 2. The lowest BCUT2D eigenvalue weighted by Gasteiger charge is -2.47. The molecule has 0 amide bonds. The highest BCUT2D eigenvalue weighted by atomic mass is 35.5. The summed E-state index contributed by atoms with van der Waals surface area (Å²) in [4.78, 5) is 6.24. The monoisotopic (exact) mass is 254 g/mol. The molecule has 3 N–H and O–H groups in total. The van der Waals surface area contributed by atoms with E-state index in [-0.39, 0.29) is 5.54 Å². The second-order valence-electron chi connectivity index (χ2n) is 4.91. The van der Waals surface area contributed by atoms with Gasteiger partial charge in [0, 0.05) is 18.3 Å². The van der Waals surface area contributed by atoms with Crippen molar-refractivity contribution in [2.75, 3.05) is 31.7 Å². The molecule has 1 aromatic rings. The van der Waals surface area contributed by atoms with E-state index in [2.05, 4.69) is 29.3 Å². The maximum atomic E-state index is 6.08. The maximum absolute atomic E-state index is 6.08. The largest absolute Gasteiger partial charge is 0.396 e. The van der Waals surface area contributed by atoms with Gasteiger partial charge in [-0.2, -0.15) is 0 Å². The number of nitrogen functional groups attached to an aromatic ring is 1. The molecule has 1 fully saturated rings. The van der Waals surface area contributed by atoms with E-state index in [1.165, 1.54) is 19.3 Å². The Morgan fingerprint density at radius 1 is 1.47 bits per heavy atom. The predicted molar refractivity (Wildman–Crippen MR) is 72.4 cm³/mol. The molecule has 1 aromatic heterocycles. The highest BCUT2D eigenvalue weighted by Crippen LogP contribution is 2.37. The van der Waals surface area contributed by atoms with Crippen molar-refractivity contribution < 1.29 is 0 Å². The number of halogens is 1. The van der Waals surface area contributed by atoms with Crippen molar-refractivity contribution in [1.82, 2.24) is 9.88 Å². The standard InChI is InChI=1S/C12H19ClN4/c1-17(2)12(4-3-5-12)8-16-11-9(13)6-15-7-10(11)14/h6-7H,3-5,8,14H2,1-2H3,(H,15,16). The van der Waals surface area contributed by atoms with Crippen LogP contribution in [0.5, 0.6) is 0 Å². The van der Waals surface area contributed by atoms with Gasteiger partial charge in [0.25, 0.3) is 0 Å². The van der Waals surface area contributed by atoms with Crippen LogP contribution in [0.25, 0.3) is 0 Å². The molecule has 1 aliphatic rings. The lowest BCUT2D eigenvalue weighted by molar-refractivity contribution is 0.0739. The first kappa shape index (κ1) is 12.5. The molecule has 0 bridgehead atoms. The summed E-state index contributed by atoms with van der Waals surface area (Å²) < 4.78 is 0. The minimum atomic E-state index is 0.249. The van der Waals surface area contributed by atoms with Crippen LogP contribution >= 0.6 is 11.6 Å². The van der Waals surface area contributed by atoms with Gasteiger partial charge < -0.3 is 16.0 Å². The third-order valence-corrected chi connectivity index (χ3v) is 4.04. The zero-order valence-corrected chi connectivity index (χ0v) is 11.1. The zero-order valence-electron chi connectivity index (χ0n) is 10.3. The van der Waals surface area contributed by atoms with Crippen molar-refractivity contribution in [3.8, 4) is 0 Å². The van der Waals surface area contributed by atoms with Gasteiger partial charge in [0.15, 0.2) is 0 Å². The summed E-state index contributed by atoms with van der Waals surface area (Å²) in [7, 11) is 4.25. The fraction of sp³-hybridized carbons (Fsp3) is 0.583. The Kier molecular flexibility index (Phi) is 3.45. The first-order valence-corrected chi connectivity index (χ1v) is 6.23. The highest BCUT2D eigenvalue weighted by molar-refractivity contribution is 6.33. The second kappa shape index (κ2) is 4.70. The van der Waals surface area contributed by atoms with Gasteiger partial charge in [0.05, 0.1) is 22.6 Å². The average molecular weight is 255 g/mol. The number of pyridine rings is 1. The van der Waals surface area contributed by atoms with E-state index in [1.54, 1.807) is 12.4 Å². The fourth-order valence-electron chi connectivity index (χ4n) is 2.26. The Hall–Kier alpha value is -1.00. The van der Waals surface area contributed by atoms with Gasteiger partial charge in [0.2, 0.25) is 0 Å². The van der Waals surface area contributed by atoms with Crippen molar-refractivity contribution >= 4 is 23.0 Å². The minimum absolute atomic E-state index is 0.249. The van der Waals surface area contributed by atoms with Crippen molar-refractivity contribution in [2.24, 2.45) is 0 Å². The number of likely N-dealkylation sites (N-methyl/N-ethyl adjacent to an activating group) is 1. The summed E-state index contributed by atoms with van der Waals surface area (Å²) in [5.74, 6) is 0. The van der Waals surface area contributed by atoms with Crippen LogP contribution in [0, 0.1) is 0 Å². The fourth-order valence-corrected chi connectivity index (χ4v) is 2.49. The summed E-state index contributed by atoms with van der Waals surface area (Å²) in [5, 5.41) is 3.95. The van der Waals surface area contributed by atoms with Crippen LogP contribution in [0.4, 0.5) is 11.4 Å². The van der Waals surface area contributed by atoms with Gasteiger partial charge in [-0.25, -0.2) is 0 Å². The van der Waals surface area contributed by atoms with Gasteiger partial charge >= 0.3 is 0 Å². The summed E-state index contributed by atoms with van der Waals surface area (Å²) in [6.07, 6.45) is 6.96. The number of hydrogen-bond donors (Lipinski definition) is 2. The summed E-state index contributed by atoms with van der Waals surface area (Å²) in [6.45, 7) is 0.869. The van der Waals surface area contributed by atoms with Crippen molar-refractivity contribution in [2.45, 2.75) is 24.8 Å². The van der Waals surface area contributed by atoms with Crippen LogP contribution in [-0.2, 0) is 0 Å². The van der Waals surface area contributed by atoms with Crippen LogP contribution in [0.3, 0.4) is 0 Å². The first-order chi connectivity index (χ1) is 8.05. The summed E-state index contributed by atoms with van der Waals surface area (Å²) in [6, 6.07) is 0. The number of anilines is 2. The van der Waals surface area contributed by atoms with Gasteiger partial charge in [-0.1, -0.05) is 11.6 Å². The molecule has 0 aliphatic heterocycles. The van der Waals surface area contributed by atoms with Crippen LogP contribution in [0.1, 0.15) is 19.3 Å². The molecule has 94 valence electrons. The van der Waals surface area contributed by atoms with E-state index < -0.39 is 0 Å². The van der Waals surface area contributed by atoms with Crippen molar-refractivity contribution in [3.05, 3.63) is 17.4 Å². The number of hydrogen-bond acceptors (Lipinski definition) is 4. The number of nitrogens with one attached hydrogen (secondary N) is 1. The molecule has 4 nitrogen and oxygen atoms in total. The van der Waals surface area contributed by atoms with Gasteiger partial charge in [-0.05, 0) is 33.4 Å². The minimum Gasteiger partial charge on any atom is -0.396 e. The molecule has 0 saturated heterocycles. The Morgan fingerprint density at radius 2 is 2.18 bits per heavy atom. The van der Waals surface area contributed by atoms with Gasteiger partial charge in [-0.15, -0.1) is 0 Å². The Labute approximate surface area is 107 Å². The molecule has 1 aliphatic carbocycles. The van der Waals surface area contributed by atoms with Crippen molar-refractivity contribution in [3.63, 3.8) is 0 Å². The molecule has 5 heteroatoms. The summed E-state index contributed by atoms with van der Waals surface area (Å²) in [5.41, 5.74) is 7.52. The molecule has 0 spiro atoms. The molecular formula is C12H19ClN4. The molecule has 17 heavy (non-hydrogen) atoms. The number of rotatable bonds is 4. The number of aromatic nitrogens is 1. The van der Waals surface area contributed by atoms with Crippen LogP contribution in [-0.4, -0.2) is 36.1 Å². The van der Waals surface area contributed by atoms with E-state index >= 15 is 0 Å². The molecular weight excluding hydrogens is 236 g/mol. The zero-order chi connectivity index (χ0) is 12.5. The lowest BCUT2D eigenvalue weighted by atomic mass is 9.75. The predicted octanol–water partition coefficient (Wildman–Crippen LogP) is 2.21. The van der Waals surface area contributed by atoms with E-state index in [0.717, 1.165) is 12.2 Å². The molecule has 1 heterocycles. The molecule has 0 unspecified atom stereocenters. The normalized spacial score (nSPS) is 17.9. The van der Waals surface area contributed by atoms with E-state index in [1.807, 2.05) is 0 Å². The summed E-state index contributed by atoms with van der Waals surface area (Å²) >= 11 is 6.08. The number of nitrogens with two attached hydrogens (primary N) is 1. The molecule has 0 radical (unpaired) electrons. The Morgan fingerprint density at radius 3 is 2.65 bits per heavy atom. The third-order valence-electron chi connectivity index (χ3n) is 3.76. The quantitative estimate of drug-likeness (QED) is 0.865. The Balaban J connectivity index is 2.07. The molecule has 0 aromatic carbocycles. The van der Waals surface area contributed by atoms with Crippen LogP contribution in [0.2, 0.25) is 5.02 Å². The molecule has 2 rings (SSSR count). The Bertz CT molecular complexity index is 381. The maximum Gasteiger partial charge on any atom is 0.0841 e. The molecule has 0 atom stereocenters. The molecule has 1 saturated carbocycles. The highest BCUT2D eigenvalue weighted by Gasteiger charge is 2.38. The van der Waals surface area contributed by atoms with Gasteiger partial charge in [-0.3, -0.25) is 4.98 Å². The van der Waals surface area contributed by atoms with Crippen molar-refractivity contribution in [1.29, 1.82) is 0 Å². The lowest BCUT2D eigenvalue weighted by Crippen LogP contribution is -2.54. The average Bonchev–Trinajstić information content (AvgIpc) is 2.19. The van der Waals surface area contributed by atoms with E-state index in [0.29, 0.717) is 10.7 Å².